The quantitative estimate of drug-likeness (QED) is 0.792. The third kappa shape index (κ3) is 3.62. The van der Waals surface area contributed by atoms with Gasteiger partial charge in [-0.1, -0.05) is 43.7 Å². The molecular weight excluding hydrogens is 236 g/mol. The summed E-state index contributed by atoms with van der Waals surface area (Å²) in [6.07, 6.45) is 4.16. The molecular formula is C17H18O2. The number of allylic oxidation sites excluding steroid dienone is 1. The van der Waals surface area contributed by atoms with Crippen LogP contribution >= 0.6 is 0 Å². The normalized spacial score (nSPS) is 11.5. The number of phenolic OH excluding ortho intramolecular Hbond substituents is 2. The smallest absolute Gasteiger partial charge is 0.115 e. The van der Waals surface area contributed by atoms with Crippen molar-refractivity contribution in [3.05, 3.63) is 59.7 Å². The molecule has 2 N–H and O–H groups in total. The molecule has 0 spiro atoms. The molecule has 0 saturated heterocycles. The molecule has 0 bridgehead atoms. The summed E-state index contributed by atoms with van der Waals surface area (Å²) in [6.45, 7) is 2.14. The van der Waals surface area contributed by atoms with Crippen molar-refractivity contribution >= 4 is 11.6 Å². The van der Waals surface area contributed by atoms with Crippen molar-refractivity contribution in [1.29, 1.82) is 0 Å². The van der Waals surface area contributed by atoms with Crippen LogP contribution in [0.25, 0.3) is 11.6 Å². The van der Waals surface area contributed by atoms with Crippen molar-refractivity contribution in [1.82, 2.24) is 0 Å². The Morgan fingerprint density at radius 1 is 0.895 bits per heavy atom. The molecule has 98 valence electrons. The molecule has 2 nitrogen and oxygen atoms in total. The van der Waals surface area contributed by atoms with E-state index >= 15 is 0 Å². The van der Waals surface area contributed by atoms with Gasteiger partial charge in [-0.15, -0.1) is 0 Å². The number of aromatic hydroxyl groups is 2. The van der Waals surface area contributed by atoms with Crippen molar-refractivity contribution in [3.63, 3.8) is 0 Å². The fraction of sp³-hybridized carbons (Fsp3) is 0.176. The fourth-order valence-electron chi connectivity index (χ4n) is 2.02. The van der Waals surface area contributed by atoms with E-state index in [-0.39, 0.29) is 11.5 Å². The minimum atomic E-state index is 0.277. The third-order valence-electron chi connectivity index (χ3n) is 2.99. The van der Waals surface area contributed by atoms with E-state index in [0.29, 0.717) is 0 Å². The van der Waals surface area contributed by atoms with E-state index in [9.17, 15) is 10.2 Å². The summed E-state index contributed by atoms with van der Waals surface area (Å²) < 4.78 is 0. The Kier molecular flexibility index (Phi) is 4.24. The predicted molar refractivity (Wildman–Crippen MR) is 79.0 cm³/mol. The summed E-state index contributed by atoms with van der Waals surface area (Å²) in [7, 11) is 0. The molecule has 0 amide bonds. The Labute approximate surface area is 113 Å². The van der Waals surface area contributed by atoms with Crippen LogP contribution in [-0.4, -0.2) is 10.2 Å². The first kappa shape index (κ1) is 13.2. The summed E-state index contributed by atoms with van der Waals surface area (Å²) >= 11 is 0. The van der Waals surface area contributed by atoms with Crippen LogP contribution in [0.15, 0.2) is 48.5 Å². The second-order valence-electron chi connectivity index (χ2n) is 4.56. The van der Waals surface area contributed by atoms with Crippen LogP contribution in [0.4, 0.5) is 0 Å². The van der Waals surface area contributed by atoms with Crippen LogP contribution < -0.4 is 0 Å². The van der Waals surface area contributed by atoms with E-state index in [4.69, 9.17) is 0 Å². The summed E-state index contributed by atoms with van der Waals surface area (Å²) in [5, 5.41) is 18.6. The van der Waals surface area contributed by atoms with E-state index in [2.05, 4.69) is 13.0 Å². The molecule has 0 fully saturated rings. The van der Waals surface area contributed by atoms with Crippen LogP contribution in [0, 0.1) is 0 Å². The molecule has 2 heteroatoms. The van der Waals surface area contributed by atoms with Gasteiger partial charge in [0.1, 0.15) is 11.5 Å². The molecule has 19 heavy (non-hydrogen) atoms. The summed E-state index contributed by atoms with van der Waals surface area (Å²) in [4.78, 5) is 0. The summed E-state index contributed by atoms with van der Waals surface area (Å²) in [5.74, 6) is 0.558. The monoisotopic (exact) mass is 254 g/mol. The van der Waals surface area contributed by atoms with Gasteiger partial charge in [-0.2, -0.15) is 0 Å². The van der Waals surface area contributed by atoms with E-state index in [1.165, 1.54) is 5.57 Å². The van der Waals surface area contributed by atoms with E-state index in [0.717, 1.165) is 24.0 Å². The molecule has 0 heterocycles. The van der Waals surface area contributed by atoms with Gasteiger partial charge < -0.3 is 10.2 Å². The molecule has 0 saturated carbocycles. The van der Waals surface area contributed by atoms with E-state index < -0.39 is 0 Å². The lowest BCUT2D eigenvalue weighted by Crippen LogP contribution is -1.85. The third-order valence-corrected chi connectivity index (χ3v) is 2.99. The number of hydrogen-bond acceptors (Lipinski definition) is 2. The highest BCUT2D eigenvalue weighted by atomic mass is 16.3. The molecule has 0 radical (unpaired) electrons. The lowest BCUT2D eigenvalue weighted by Gasteiger charge is -2.07. The first-order valence-electron chi connectivity index (χ1n) is 6.48. The molecule has 0 aliphatic rings. The van der Waals surface area contributed by atoms with Crippen molar-refractivity contribution < 1.29 is 10.2 Å². The number of phenols is 2. The molecule has 0 unspecified atom stereocenters. The van der Waals surface area contributed by atoms with Gasteiger partial charge in [0.15, 0.2) is 0 Å². The topological polar surface area (TPSA) is 40.5 Å². The highest BCUT2D eigenvalue weighted by Gasteiger charge is 2.02. The van der Waals surface area contributed by atoms with Crippen LogP contribution in [0.3, 0.4) is 0 Å². The molecule has 2 aromatic rings. The Morgan fingerprint density at radius 2 is 1.42 bits per heavy atom. The first-order chi connectivity index (χ1) is 9.19. The largest absolute Gasteiger partial charge is 0.508 e. The van der Waals surface area contributed by atoms with Gasteiger partial charge >= 0.3 is 0 Å². The Balaban J connectivity index is 2.33. The van der Waals surface area contributed by atoms with Gasteiger partial charge in [0.05, 0.1) is 0 Å². The molecule has 2 rings (SSSR count). The molecule has 0 aromatic heterocycles. The highest BCUT2D eigenvalue weighted by molar-refractivity contribution is 5.81. The standard InChI is InChI=1S/C17H18O2/c1-2-3-15(14-6-10-17(19)11-7-14)12-13-4-8-16(18)9-5-13/h4-12,18-19H,2-3H2,1H3/b15-12+. The van der Waals surface area contributed by atoms with Crippen LogP contribution in [0.5, 0.6) is 11.5 Å². The SMILES string of the molecule is CCC/C(=C\c1ccc(O)cc1)c1ccc(O)cc1. The molecule has 0 aliphatic carbocycles. The Hall–Kier alpha value is -2.22. The van der Waals surface area contributed by atoms with Gasteiger partial charge in [0.2, 0.25) is 0 Å². The van der Waals surface area contributed by atoms with Crippen molar-refractivity contribution in [2.45, 2.75) is 19.8 Å². The van der Waals surface area contributed by atoms with Crippen LogP contribution in [0.1, 0.15) is 30.9 Å². The van der Waals surface area contributed by atoms with E-state index in [1.54, 1.807) is 24.3 Å². The zero-order valence-electron chi connectivity index (χ0n) is 11.0. The van der Waals surface area contributed by atoms with Crippen molar-refractivity contribution in [2.24, 2.45) is 0 Å². The van der Waals surface area contributed by atoms with Crippen molar-refractivity contribution in [2.75, 3.05) is 0 Å². The maximum atomic E-state index is 9.34. The maximum Gasteiger partial charge on any atom is 0.115 e. The van der Waals surface area contributed by atoms with Crippen molar-refractivity contribution in [3.8, 4) is 11.5 Å². The average Bonchev–Trinajstić information content (AvgIpc) is 2.42. The second kappa shape index (κ2) is 6.10. The van der Waals surface area contributed by atoms with Gasteiger partial charge in [-0.25, -0.2) is 0 Å². The Bertz CT molecular complexity index is 551. The number of hydrogen-bond donors (Lipinski definition) is 2. The highest BCUT2D eigenvalue weighted by Crippen LogP contribution is 2.25. The first-order valence-corrected chi connectivity index (χ1v) is 6.48. The van der Waals surface area contributed by atoms with Gasteiger partial charge in [0.25, 0.3) is 0 Å². The summed E-state index contributed by atoms with van der Waals surface area (Å²) in [6, 6.07) is 14.4. The van der Waals surface area contributed by atoms with Gasteiger partial charge in [-0.05, 0) is 47.4 Å². The van der Waals surface area contributed by atoms with E-state index in [1.807, 2.05) is 24.3 Å². The molecule has 0 aliphatic heterocycles. The van der Waals surface area contributed by atoms with Gasteiger partial charge in [0, 0.05) is 0 Å². The summed E-state index contributed by atoms with van der Waals surface area (Å²) in [5.41, 5.74) is 3.41. The number of rotatable bonds is 4. The predicted octanol–water partition coefficient (Wildman–Crippen LogP) is 4.44. The Morgan fingerprint density at radius 3 is 1.95 bits per heavy atom. The number of benzene rings is 2. The zero-order valence-corrected chi connectivity index (χ0v) is 11.0. The van der Waals surface area contributed by atoms with Crippen LogP contribution in [0.2, 0.25) is 0 Å². The molecule has 0 atom stereocenters. The maximum absolute atomic E-state index is 9.34. The fourth-order valence-corrected chi connectivity index (χ4v) is 2.02. The second-order valence-corrected chi connectivity index (χ2v) is 4.56. The average molecular weight is 254 g/mol. The van der Waals surface area contributed by atoms with Crippen LogP contribution in [-0.2, 0) is 0 Å². The minimum absolute atomic E-state index is 0.277. The zero-order chi connectivity index (χ0) is 13.7. The van der Waals surface area contributed by atoms with Gasteiger partial charge in [-0.3, -0.25) is 0 Å². The lowest BCUT2D eigenvalue weighted by molar-refractivity contribution is 0.474. The lowest BCUT2D eigenvalue weighted by atomic mass is 9.98. The minimum Gasteiger partial charge on any atom is -0.508 e. The molecule has 2 aromatic carbocycles.